The third kappa shape index (κ3) is 3.98. The standard InChI is InChI=1S/C28H46N2O2/c1-19(2)30-15-13-29(14-16-30)18-26(31)25-8-7-24-23-6-5-20-17-27(3,32)11-9-21(20)22(23)10-12-28(24,25)4/h20-25,32H,1,5-18H2,2-4H3/t20-,21-,22+,23+,24-,25+,27+,28-/m0/s1. The highest BCUT2D eigenvalue weighted by Gasteiger charge is 2.58. The average molecular weight is 443 g/mol. The van der Waals surface area contributed by atoms with Gasteiger partial charge in [-0.2, -0.15) is 0 Å². The molecule has 180 valence electrons. The highest BCUT2D eigenvalue weighted by atomic mass is 16.3. The summed E-state index contributed by atoms with van der Waals surface area (Å²) >= 11 is 0. The number of Topliss-reactive ketones (excluding diaryl/α,β-unsaturated/α-hetero) is 1. The predicted octanol–water partition coefficient (Wildman–Crippen LogP) is 4.73. The molecule has 32 heavy (non-hydrogen) atoms. The first-order valence-corrected chi connectivity index (χ1v) is 13.6. The maximum absolute atomic E-state index is 13.5. The van der Waals surface area contributed by atoms with Crippen LogP contribution in [0.15, 0.2) is 12.3 Å². The molecule has 4 saturated carbocycles. The number of piperazine rings is 1. The highest BCUT2D eigenvalue weighted by Crippen LogP contribution is 2.64. The Labute approximate surface area is 195 Å². The van der Waals surface area contributed by atoms with Crippen molar-refractivity contribution in [1.82, 2.24) is 9.80 Å². The number of hydrogen-bond donors (Lipinski definition) is 1. The summed E-state index contributed by atoms with van der Waals surface area (Å²) in [5.74, 6) is 4.80. The molecule has 4 aliphatic carbocycles. The van der Waals surface area contributed by atoms with Crippen molar-refractivity contribution in [2.24, 2.45) is 40.9 Å². The second-order valence-corrected chi connectivity index (χ2v) is 12.8. The Hall–Kier alpha value is -0.870. The van der Waals surface area contributed by atoms with Crippen molar-refractivity contribution in [3.8, 4) is 0 Å². The zero-order valence-corrected chi connectivity index (χ0v) is 20.8. The molecule has 5 aliphatic rings. The number of carbonyl (C=O) groups excluding carboxylic acids is 1. The summed E-state index contributed by atoms with van der Waals surface area (Å²) in [5, 5.41) is 10.6. The summed E-state index contributed by atoms with van der Waals surface area (Å²) in [5.41, 5.74) is 0.943. The van der Waals surface area contributed by atoms with Crippen LogP contribution in [0.1, 0.15) is 78.6 Å². The lowest BCUT2D eigenvalue weighted by Gasteiger charge is -2.57. The van der Waals surface area contributed by atoms with Gasteiger partial charge in [0.2, 0.25) is 0 Å². The van der Waals surface area contributed by atoms with E-state index in [-0.39, 0.29) is 11.3 Å². The van der Waals surface area contributed by atoms with Crippen LogP contribution in [0.5, 0.6) is 0 Å². The van der Waals surface area contributed by atoms with E-state index in [9.17, 15) is 9.90 Å². The number of hydrogen-bond acceptors (Lipinski definition) is 4. The van der Waals surface area contributed by atoms with Crippen molar-refractivity contribution >= 4 is 5.78 Å². The van der Waals surface area contributed by atoms with E-state index in [1.54, 1.807) is 0 Å². The number of aliphatic hydroxyl groups is 1. The number of carbonyl (C=O) groups is 1. The van der Waals surface area contributed by atoms with Gasteiger partial charge in [0.05, 0.1) is 12.1 Å². The second kappa shape index (κ2) is 8.41. The van der Waals surface area contributed by atoms with Crippen LogP contribution in [0, 0.1) is 40.9 Å². The van der Waals surface area contributed by atoms with Crippen molar-refractivity contribution in [1.29, 1.82) is 0 Å². The van der Waals surface area contributed by atoms with E-state index in [2.05, 4.69) is 37.1 Å². The molecular weight excluding hydrogens is 396 g/mol. The van der Waals surface area contributed by atoms with Crippen LogP contribution in [-0.2, 0) is 4.79 Å². The number of nitrogens with zero attached hydrogens (tertiary/aromatic N) is 2. The Kier molecular flexibility index (Phi) is 6.02. The van der Waals surface area contributed by atoms with Gasteiger partial charge >= 0.3 is 0 Å². The monoisotopic (exact) mass is 442 g/mol. The van der Waals surface area contributed by atoms with Gasteiger partial charge in [-0.1, -0.05) is 13.5 Å². The predicted molar refractivity (Wildman–Crippen MR) is 129 cm³/mol. The number of rotatable bonds is 4. The van der Waals surface area contributed by atoms with E-state index in [0.29, 0.717) is 12.3 Å². The lowest BCUT2D eigenvalue weighted by atomic mass is 9.49. The lowest BCUT2D eigenvalue weighted by molar-refractivity contribution is -0.133. The highest BCUT2D eigenvalue weighted by molar-refractivity contribution is 5.84. The van der Waals surface area contributed by atoms with Crippen LogP contribution >= 0.6 is 0 Å². The average Bonchev–Trinajstić information content (AvgIpc) is 3.10. The minimum absolute atomic E-state index is 0.227. The van der Waals surface area contributed by atoms with Crippen LogP contribution in [0.2, 0.25) is 0 Å². The number of fused-ring (bicyclic) bond motifs is 5. The zero-order valence-electron chi connectivity index (χ0n) is 20.8. The Balaban J connectivity index is 1.22. The van der Waals surface area contributed by atoms with Gasteiger partial charge < -0.3 is 10.0 Å². The van der Waals surface area contributed by atoms with Crippen molar-refractivity contribution in [2.45, 2.75) is 84.2 Å². The van der Waals surface area contributed by atoms with Gasteiger partial charge in [-0.3, -0.25) is 9.69 Å². The molecule has 1 saturated heterocycles. The molecule has 0 spiro atoms. The zero-order chi connectivity index (χ0) is 22.7. The molecule has 5 fully saturated rings. The lowest BCUT2D eigenvalue weighted by Crippen LogP contribution is -2.52. The smallest absolute Gasteiger partial charge is 0.150 e. The Bertz CT molecular complexity index is 740. The van der Waals surface area contributed by atoms with Gasteiger partial charge in [0.1, 0.15) is 5.78 Å². The van der Waals surface area contributed by atoms with Gasteiger partial charge in [-0.15, -0.1) is 0 Å². The Morgan fingerprint density at radius 1 is 0.938 bits per heavy atom. The van der Waals surface area contributed by atoms with Crippen molar-refractivity contribution in [3.63, 3.8) is 0 Å². The van der Waals surface area contributed by atoms with Crippen LogP contribution < -0.4 is 0 Å². The minimum atomic E-state index is -0.433. The van der Waals surface area contributed by atoms with Crippen LogP contribution in [0.4, 0.5) is 0 Å². The summed E-state index contributed by atoms with van der Waals surface area (Å²) in [7, 11) is 0. The first kappa shape index (κ1) is 22.9. The molecule has 1 aliphatic heterocycles. The molecule has 1 N–H and O–H groups in total. The molecule has 0 aromatic rings. The van der Waals surface area contributed by atoms with Gasteiger partial charge in [0, 0.05) is 37.8 Å². The van der Waals surface area contributed by atoms with E-state index in [0.717, 1.165) is 80.7 Å². The largest absolute Gasteiger partial charge is 0.390 e. The fourth-order valence-electron chi connectivity index (χ4n) is 9.23. The van der Waals surface area contributed by atoms with Gasteiger partial charge in [-0.05, 0) is 107 Å². The molecule has 0 bridgehead atoms. The number of allylic oxidation sites excluding steroid dienone is 1. The number of ketones is 1. The molecule has 0 aromatic heterocycles. The normalized spacial score (nSPS) is 46.8. The first-order chi connectivity index (χ1) is 15.2. The molecule has 0 amide bonds. The minimum Gasteiger partial charge on any atom is -0.390 e. The summed E-state index contributed by atoms with van der Waals surface area (Å²) in [6, 6.07) is 0. The second-order valence-electron chi connectivity index (χ2n) is 12.8. The van der Waals surface area contributed by atoms with E-state index < -0.39 is 5.60 Å². The topological polar surface area (TPSA) is 43.8 Å². The third-order valence-corrected chi connectivity index (χ3v) is 10.9. The van der Waals surface area contributed by atoms with E-state index in [4.69, 9.17) is 0 Å². The van der Waals surface area contributed by atoms with E-state index >= 15 is 0 Å². The van der Waals surface area contributed by atoms with Crippen LogP contribution in [0.3, 0.4) is 0 Å². The van der Waals surface area contributed by atoms with E-state index in [1.807, 2.05) is 0 Å². The molecule has 8 atom stereocenters. The molecule has 0 radical (unpaired) electrons. The molecule has 0 aromatic carbocycles. The van der Waals surface area contributed by atoms with Crippen LogP contribution in [-0.4, -0.2) is 59.0 Å². The van der Waals surface area contributed by atoms with Gasteiger partial charge in [0.25, 0.3) is 0 Å². The molecule has 0 unspecified atom stereocenters. The molecular formula is C28H46N2O2. The SMILES string of the molecule is C=C(C)N1CCN(CC(=O)[C@H]2CC[C@H]3[C@@H]4CC[C@H]5C[C@](C)(O)CC[C@@H]5[C@H]4CC[C@]23C)CC1. The Morgan fingerprint density at radius 3 is 2.38 bits per heavy atom. The fourth-order valence-corrected chi connectivity index (χ4v) is 9.23. The third-order valence-electron chi connectivity index (χ3n) is 10.9. The molecule has 4 nitrogen and oxygen atoms in total. The van der Waals surface area contributed by atoms with E-state index in [1.165, 1.54) is 38.5 Å². The summed E-state index contributed by atoms with van der Waals surface area (Å²) in [6.07, 6.45) is 10.8. The fraction of sp³-hybridized carbons (Fsp3) is 0.893. The first-order valence-electron chi connectivity index (χ1n) is 13.6. The quantitative estimate of drug-likeness (QED) is 0.684. The van der Waals surface area contributed by atoms with Crippen LogP contribution in [0.25, 0.3) is 0 Å². The maximum atomic E-state index is 13.5. The van der Waals surface area contributed by atoms with Gasteiger partial charge in [-0.25, -0.2) is 0 Å². The van der Waals surface area contributed by atoms with Crippen molar-refractivity contribution < 1.29 is 9.90 Å². The molecule has 4 heteroatoms. The summed E-state index contributed by atoms with van der Waals surface area (Å²) in [4.78, 5) is 18.3. The maximum Gasteiger partial charge on any atom is 0.150 e. The van der Waals surface area contributed by atoms with Crippen molar-refractivity contribution in [3.05, 3.63) is 12.3 Å². The Morgan fingerprint density at radius 2 is 1.66 bits per heavy atom. The summed E-state index contributed by atoms with van der Waals surface area (Å²) in [6.45, 7) is 15.3. The summed E-state index contributed by atoms with van der Waals surface area (Å²) < 4.78 is 0. The molecule has 5 rings (SSSR count). The molecule has 1 heterocycles. The van der Waals surface area contributed by atoms with Gasteiger partial charge in [0.15, 0.2) is 0 Å². The van der Waals surface area contributed by atoms with Crippen molar-refractivity contribution in [2.75, 3.05) is 32.7 Å².